The fourth-order valence-electron chi connectivity index (χ4n) is 2.32. The summed E-state index contributed by atoms with van der Waals surface area (Å²) in [4.78, 5) is 0. The van der Waals surface area contributed by atoms with Crippen LogP contribution in [-0.2, 0) is 9.84 Å². The number of rotatable bonds is 4. The molecule has 1 N–H and O–H groups in total. The van der Waals surface area contributed by atoms with Gasteiger partial charge in [-0.05, 0) is 19.9 Å². The maximum Gasteiger partial charge on any atom is 0.152 e. The van der Waals surface area contributed by atoms with E-state index in [1.807, 2.05) is 19.4 Å². The highest BCUT2D eigenvalue weighted by Gasteiger charge is 2.29. The average Bonchev–Trinajstić information content (AvgIpc) is 2.87. The molecule has 0 bridgehead atoms. The zero-order valence-electron chi connectivity index (χ0n) is 10.3. The van der Waals surface area contributed by atoms with Crippen molar-refractivity contribution in [2.24, 2.45) is 0 Å². The smallest absolute Gasteiger partial charge is 0.152 e. The highest BCUT2D eigenvalue weighted by atomic mass is 32.2. The summed E-state index contributed by atoms with van der Waals surface area (Å²) in [5.74, 6) is 0.514. The zero-order chi connectivity index (χ0) is 12.5. The molecule has 6 heteroatoms. The van der Waals surface area contributed by atoms with Crippen LogP contribution in [0.1, 0.15) is 37.4 Å². The van der Waals surface area contributed by atoms with E-state index < -0.39 is 9.84 Å². The third kappa shape index (κ3) is 2.69. The van der Waals surface area contributed by atoms with Crippen LogP contribution in [0.25, 0.3) is 0 Å². The molecular formula is C11H19N3O2S. The lowest BCUT2D eigenvalue weighted by Crippen LogP contribution is -2.15. The monoisotopic (exact) mass is 257 g/mol. The van der Waals surface area contributed by atoms with Crippen LogP contribution in [0.4, 0.5) is 0 Å². The summed E-state index contributed by atoms with van der Waals surface area (Å²) in [6, 6.07) is 0.310. The molecule has 1 aromatic rings. The standard InChI is InChI=1S/C11H19N3O2S/c1-3-11(12-2)9-6-13-14(7-9)10-4-5-17(15,16)8-10/h6-7,10-12H,3-5,8H2,1-2H3. The van der Waals surface area contributed by atoms with E-state index in [0.29, 0.717) is 12.5 Å². The summed E-state index contributed by atoms with van der Waals surface area (Å²) in [5, 5.41) is 7.51. The number of sulfone groups is 1. The Bertz CT molecular complexity index is 477. The molecule has 1 saturated heterocycles. The summed E-state index contributed by atoms with van der Waals surface area (Å²) in [6.45, 7) is 2.11. The molecular weight excluding hydrogens is 238 g/mol. The number of nitrogens with one attached hydrogen (secondary N) is 1. The number of nitrogens with zero attached hydrogens (tertiary/aromatic N) is 2. The third-order valence-electron chi connectivity index (χ3n) is 3.36. The summed E-state index contributed by atoms with van der Waals surface area (Å²) in [6.07, 6.45) is 5.47. The fourth-order valence-corrected chi connectivity index (χ4v) is 4.03. The number of hydrogen-bond donors (Lipinski definition) is 1. The van der Waals surface area contributed by atoms with Crippen LogP contribution >= 0.6 is 0 Å². The minimum atomic E-state index is -2.84. The van der Waals surface area contributed by atoms with Crippen molar-refractivity contribution in [2.75, 3.05) is 18.6 Å². The van der Waals surface area contributed by atoms with E-state index in [9.17, 15) is 8.42 Å². The second-order valence-corrected chi connectivity index (χ2v) is 6.79. The van der Waals surface area contributed by atoms with Gasteiger partial charge in [0, 0.05) is 17.8 Å². The first-order valence-electron chi connectivity index (χ1n) is 5.97. The highest BCUT2D eigenvalue weighted by molar-refractivity contribution is 7.91. The largest absolute Gasteiger partial charge is 0.313 e. The molecule has 0 aromatic carbocycles. The number of aromatic nitrogens is 2. The van der Waals surface area contributed by atoms with Crippen LogP contribution in [0.5, 0.6) is 0 Å². The van der Waals surface area contributed by atoms with Gasteiger partial charge in [0.05, 0.1) is 23.7 Å². The van der Waals surface area contributed by atoms with Crippen molar-refractivity contribution >= 4 is 9.84 Å². The Kier molecular flexibility index (Phi) is 3.53. The Labute approximate surface area is 102 Å². The summed E-state index contributed by atoms with van der Waals surface area (Å²) < 4.78 is 24.6. The van der Waals surface area contributed by atoms with Crippen LogP contribution in [0.3, 0.4) is 0 Å². The predicted octanol–water partition coefficient (Wildman–Crippen LogP) is 0.913. The van der Waals surface area contributed by atoms with Gasteiger partial charge in [-0.2, -0.15) is 5.10 Å². The minimum Gasteiger partial charge on any atom is -0.313 e. The lowest BCUT2D eigenvalue weighted by Gasteiger charge is -2.11. The third-order valence-corrected chi connectivity index (χ3v) is 5.11. The molecule has 1 fully saturated rings. The van der Waals surface area contributed by atoms with Gasteiger partial charge < -0.3 is 5.32 Å². The summed E-state index contributed by atoms with van der Waals surface area (Å²) in [7, 11) is -0.920. The lowest BCUT2D eigenvalue weighted by molar-refractivity contribution is 0.497. The van der Waals surface area contributed by atoms with Gasteiger partial charge in [0.2, 0.25) is 0 Å². The van der Waals surface area contributed by atoms with Crippen molar-refractivity contribution in [1.82, 2.24) is 15.1 Å². The Balaban J connectivity index is 2.14. The van der Waals surface area contributed by atoms with Crippen LogP contribution in [0.2, 0.25) is 0 Å². The topological polar surface area (TPSA) is 64.0 Å². The molecule has 0 radical (unpaired) electrons. The molecule has 0 spiro atoms. The Morgan fingerprint density at radius 1 is 1.65 bits per heavy atom. The summed E-state index contributed by atoms with van der Waals surface area (Å²) in [5.41, 5.74) is 1.12. The quantitative estimate of drug-likeness (QED) is 0.871. The van der Waals surface area contributed by atoms with E-state index in [2.05, 4.69) is 17.3 Å². The molecule has 17 heavy (non-hydrogen) atoms. The Morgan fingerprint density at radius 2 is 2.41 bits per heavy atom. The van der Waals surface area contributed by atoms with E-state index in [-0.39, 0.29) is 17.5 Å². The molecule has 96 valence electrons. The first kappa shape index (κ1) is 12.6. The van der Waals surface area contributed by atoms with Crippen LogP contribution in [-0.4, -0.2) is 36.8 Å². The second-order valence-electron chi connectivity index (χ2n) is 4.56. The van der Waals surface area contributed by atoms with Gasteiger partial charge in [0.25, 0.3) is 0 Å². The zero-order valence-corrected chi connectivity index (χ0v) is 11.1. The van der Waals surface area contributed by atoms with E-state index >= 15 is 0 Å². The van der Waals surface area contributed by atoms with Gasteiger partial charge in [-0.25, -0.2) is 8.42 Å². The first-order chi connectivity index (χ1) is 8.05. The van der Waals surface area contributed by atoms with Gasteiger partial charge >= 0.3 is 0 Å². The normalized spacial score (nSPS) is 24.9. The second kappa shape index (κ2) is 4.78. The Morgan fingerprint density at radius 3 is 2.94 bits per heavy atom. The van der Waals surface area contributed by atoms with Crippen molar-refractivity contribution in [3.63, 3.8) is 0 Å². The summed E-state index contributed by atoms with van der Waals surface area (Å²) >= 11 is 0. The van der Waals surface area contributed by atoms with E-state index in [0.717, 1.165) is 12.0 Å². The average molecular weight is 257 g/mol. The molecule has 0 amide bonds. The van der Waals surface area contributed by atoms with Gasteiger partial charge in [0.15, 0.2) is 9.84 Å². The van der Waals surface area contributed by atoms with Gasteiger partial charge in [-0.15, -0.1) is 0 Å². The molecule has 1 aliphatic heterocycles. The predicted molar refractivity (Wildman–Crippen MR) is 66.6 cm³/mol. The van der Waals surface area contributed by atoms with Crippen LogP contribution < -0.4 is 5.32 Å². The molecule has 5 nitrogen and oxygen atoms in total. The van der Waals surface area contributed by atoms with Crippen molar-refractivity contribution in [3.8, 4) is 0 Å². The van der Waals surface area contributed by atoms with Gasteiger partial charge in [0.1, 0.15) is 0 Å². The lowest BCUT2D eigenvalue weighted by atomic mass is 10.1. The van der Waals surface area contributed by atoms with Crippen LogP contribution in [0, 0.1) is 0 Å². The van der Waals surface area contributed by atoms with Crippen LogP contribution in [0.15, 0.2) is 12.4 Å². The van der Waals surface area contributed by atoms with E-state index in [4.69, 9.17) is 0 Å². The molecule has 0 aliphatic carbocycles. The molecule has 1 aliphatic rings. The maximum atomic E-state index is 11.4. The number of hydrogen-bond acceptors (Lipinski definition) is 4. The SMILES string of the molecule is CCC(NC)c1cnn(C2CCS(=O)(=O)C2)c1. The van der Waals surface area contributed by atoms with Crippen molar-refractivity contribution < 1.29 is 8.42 Å². The molecule has 2 heterocycles. The minimum absolute atomic E-state index is 0.0168. The van der Waals surface area contributed by atoms with E-state index in [1.165, 1.54) is 0 Å². The van der Waals surface area contributed by atoms with E-state index in [1.54, 1.807) is 4.68 Å². The van der Waals surface area contributed by atoms with Gasteiger partial charge in [-0.1, -0.05) is 6.92 Å². The van der Waals surface area contributed by atoms with Crippen molar-refractivity contribution in [2.45, 2.75) is 31.8 Å². The van der Waals surface area contributed by atoms with Crippen molar-refractivity contribution in [3.05, 3.63) is 18.0 Å². The maximum absolute atomic E-state index is 11.4. The molecule has 1 aromatic heterocycles. The molecule has 2 atom stereocenters. The highest BCUT2D eigenvalue weighted by Crippen LogP contribution is 2.24. The fraction of sp³-hybridized carbons (Fsp3) is 0.727. The molecule has 2 rings (SSSR count). The Hall–Kier alpha value is -0.880. The van der Waals surface area contributed by atoms with Crippen molar-refractivity contribution in [1.29, 1.82) is 0 Å². The molecule has 0 saturated carbocycles. The molecule has 2 unspecified atom stereocenters. The first-order valence-corrected chi connectivity index (χ1v) is 7.79. The van der Waals surface area contributed by atoms with Gasteiger partial charge in [-0.3, -0.25) is 4.68 Å².